The van der Waals surface area contributed by atoms with Crippen LogP contribution in [0, 0.1) is 0 Å². The molecule has 0 saturated carbocycles. The number of carbonyl (C=O) groups is 1. The molecule has 0 unspecified atom stereocenters. The number of hydrogen-bond donors (Lipinski definition) is 2. The predicted molar refractivity (Wildman–Crippen MR) is 70.6 cm³/mol. The van der Waals surface area contributed by atoms with E-state index >= 15 is 0 Å². The van der Waals surface area contributed by atoms with Crippen LogP contribution in [0.1, 0.15) is 30.1 Å². The number of ether oxygens (including phenoxy) is 2. The van der Waals surface area contributed by atoms with Gasteiger partial charge in [-0.1, -0.05) is 6.07 Å². The van der Waals surface area contributed by atoms with Gasteiger partial charge in [0.05, 0.1) is 12.7 Å². The number of aromatic hydroxyl groups is 1. The van der Waals surface area contributed by atoms with Crippen molar-refractivity contribution in [2.24, 2.45) is 0 Å². The van der Waals surface area contributed by atoms with E-state index < -0.39 is 0 Å². The van der Waals surface area contributed by atoms with Gasteiger partial charge in [-0.3, -0.25) is 4.79 Å². The van der Waals surface area contributed by atoms with Gasteiger partial charge in [0.25, 0.3) is 5.91 Å². The molecule has 1 heterocycles. The minimum Gasteiger partial charge on any atom is -0.504 e. The average Bonchev–Trinajstić information content (AvgIpc) is 2.39. The van der Waals surface area contributed by atoms with Crippen molar-refractivity contribution in [1.82, 2.24) is 5.32 Å². The number of carbonyl (C=O) groups excluding carboxylic acids is 1. The van der Waals surface area contributed by atoms with E-state index in [-0.39, 0.29) is 22.8 Å². The highest BCUT2D eigenvalue weighted by atomic mass is 16.5. The lowest BCUT2D eigenvalue weighted by Gasteiger charge is -2.34. The van der Waals surface area contributed by atoms with E-state index in [1.807, 2.05) is 6.92 Å². The molecule has 2 rings (SSSR count). The zero-order valence-electron chi connectivity index (χ0n) is 11.2. The third kappa shape index (κ3) is 2.98. The highest BCUT2D eigenvalue weighted by Gasteiger charge is 2.30. The molecule has 1 aromatic rings. The molecule has 0 radical (unpaired) electrons. The van der Waals surface area contributed by atoms with E-state index in [0.717, 1.165) is 12.8 Å². The molecule has 0 aliphatic carbocycles. The Morgan fingerprint density at radius 2 is 2.11 bits per heavy atom. The molecule has 0 atom stereocenters. The first-order chi connectivity index (χ1) is 9.06. The smallest absolute Gasteiger partial charge is 0.255 e. The molecule has 104 valence electrons. The second kappa shape index (κ2) is 5.48. The Kier molecular flexibility index (Phi) is 3.95. The summed E-state index contributed by atoms with van der Waals surface area (Å²) in [4.78, 5) is 12.2. The molecule has 1 fully saturated rings. The number of para-hydroxylation sites is 1. The standard InChI is InChI=1S/C14H19NO4/c1-14(6-8-19-9-7-14)15-13(17)10-4-3-5-11(18-2)12(10)16/h3-5,16H,6-9H2,1-2H3,(H,15,17). The number of phenolic OH excluding ortho intramolecular Hbond substituents is 1. The third-order valence-electron chi connectivity index (χ3n) is 3.48. The minimum atomic E-state index is -0.291. The van der Waals surface area contributed by atoms with Crippen molar-refractivity contribution < 1.29 is 19.4 Å². The molecule has 5 nitrogen and oxygen atoms in total. The fraction of sp³-hybridized carbons (Fsp3) is 0.500. The van der Waals surface area contributed by atoms with E-state index in [2.05, 4.69) is 5.32 Å². The molecular weight excluding hydrogens is 246 g/mol. The zero-order valence-corrected chi connectivity index (χ0v) is 11.2. The number of hydrogen-bond acceptors (Lipinski definition) is 4. The van der Waals surface area contributed by atoms with E-state index in [4.69, 9.17) is 9.47 Å². The molecule has 1 aliphatic heterocycles. The molecule has 1 aromatic carbocycles. The number of rotatable bonds is 3. The lowest BCUT2D eigenvalue weighted by atomic mass is 9.92. The summed E-state index contributed by atoms with van der Waals surface area (Å²) in [5, 5.41) is 12.9. The molecule has 1 aliphatic rings. The number of nitrogens with one attached hydrogen (secondary N) is 1. The zero-order chi connectivity index (χ0) is 13.9. The van der Waals surface area contributed by atoms with Gasteiger partial charge in [-0.15, -0.1) is 0 Å². The summed E-state index contributed by atoms with van der Waals surface area (Å²) >= 11 is 0. The van der Waals surface area contributed by atoms with Gasteiger partial charge in [-0.2, -0.15) is 0 Å². The fourth-order valence-electron chi connectivity index (χ4n) is 2.16. The second-order valence-electron chi connectivity index (χ2n) is 4.98. The van der Waals surface area contributed by atoms with Crippen LogP contribution in [0.4, 0.5) is 0 Å². The monoisotopic (exact) mass is 265 g/mol. The van der Waals surface area contributed by atoms with Gasteiger partial charge >= 0.3 is 0 Å². The van der Waals surface area contributed by atoms with Gasteiger partial charge in [-0.05, 0) is 31.9 Å². The molecule has 5 heteroatoms. The van der Waals surface area contributed by atoms with Crippen LogP contribution in [-0.2, 0) is 4.74 Å². The average molecular weight is 265 g/mol. The van der Waals surface area contributed by atoms with Crippen molar-refractivity contribution in [2.75, 3.05) is 20.3 Å². The lowest BCUT2D eigenvalue weighted by molar-refractivity contribution is 0.0422. The summed E-state index contributed by atoms with van der Waals surface area (Å²) in [6, 6.07) is 4.87. The van der Waals surface area contributed by atoms with Gasteiger partial charge < -0.3 is 19.9 Å². The number of amides is 1. The van der Waals surface area contributed by atoms with E-state index in [1.54, 1.807) is 18.2 Å². The highest BCUT2D eigenvalue weighted by molar-refractivity contribution is 5.98. The maximum atomic E-state index is 12.2. The van der Waals surface area contributed by atoms with Gasteiger partial charge in [0.2, 0.25) is 0 Å². The van der Waals surface area contributed by atoms with Crippen LogP contribution < -0.4 is 10.1 Å². The fourth-order valence-corrected chi connectivity index (χ4v) is 2.16. The van der Waals surface area contributed by atoms with Crippen molar-refractivity contribution >= 4 is 5.91 Å². The summed E-state index contributed by atoms with van der Waals surface area (Å²) in [5.74, 6) is -0.122. The molecule has 19 heavy (non-hydrogen) atoms. The van der Waals surface area contributed by atoms with E-state index in [1.165, 1.54) is 7.11 Å². The van der Waals surface area contributed by atoms with E-state index in [9.17, 15) is 9.90 Å². The Balaban J connectivity index is 2.16. The Bertz CT molecular complexity index is 467. The second-order valence-corrected chi connectivity index (χ2v) is 4.98. The van der Waals surface area contributed by atoms with Crippen molar-refractivity contribution in [3.05, 3.63) is 23.8 Å². The van der Waals surface area contributed by atoms with Gasteiger partial charge in [-0.25, -0.2) is 0 Å². The van der Waals surface area contributed by atoms with Crippen LogP contribution in [0.25, 0.3) is 0 Å². The predicted octanol–water partition coefficient (Wildman–Crippen LogP) is 1.70. The Hall–Kier alpha value is -1.75. The first kappa shape index (κ1) is 13.7. The van der Waals surface area contributed by atoms with Crippen molar-refractivity contribution in [3.8, 4) is 11.5 Å². The molecule has 2 N–H and O–H groups in total. The first-order valence-corrected chi connectivity index (χ1v) is 6.32. The number of phenols is 1. The molecule has 1 amide bonds. The lowest BCUT2D eigenvalue weighted by Crippen LogP contribution is -2.49. The summed E-state index contributed by atoms with van der Waals surface area (Å²) in [5.41, 5.74) is -0.0581. The largest absolute Gasteiger partial charge is 0.504 e. The normalized spacial score (nSPS) is 17.8. The maximum Gasteiger partial charge on any atom is 0.255 e. The van der Waals surface area contributed by atoms with Crippen LogP contribution >= 0.6 is 0 Å². The summed E-state index contributed by atoms with van der Waals surface area (Å²) in [7, 11) is 1.45. The summed E-state index contributed by atoms with van der Waals surface area (Å²) in [6.45, 7) is 3.27. The number of methoxy groups -OCH3 is 1. The van der Waals surface area contributed by atoms with Crippen molar-refractivity contribution in [1.29, 1.82) is 0 Å². The first-order valence-electron chi connectivity index (χ1n) is 6.32. The third-order valence-corrected chi connectivity index (χ3v) is 3.48. The van der Waals surface area contributed by atoms with Crippen LogP contribution in [0.15, 0.2) is 18.2 Å². The molecule has 0 spiro atoms. The molecular formula is C14H19NO4. The topological polar surface area (TPSA) is 67.8 Å². The van der Waals surface area contributed by atoms with Crippen LogP contribution in [0.3, 0.4) is 0 Å². The van der Waals surface area contributed by atoms with Crippen molar-refractivity contribution in [2.45, 2.75) is 25.3 Å². The number of benzene rings is 1. The van der Waals surface area contributed by atoms with Gasteiger partial charge in [0.15, 0.2) is 11.5 Å². The molecule has 1 saturated heterocycles. The minimum absolute atomic E-state index is 0.127. The van der Waals surface area contributed by atoms with Crippen LogP contribution in [0.5, 0.6) is 11.5 Å². The van der Waals surface area contributed by atoms with Crippen LogP contribution in [0.2, 0.25) is 0 Å². The molecule has 0 bridgehead atoms. The molecule has 0 aromatic heterocycles. The van der Waals surface area contributed by atoms with Crippen molar-refractivity contribution in [3.63, 3.8) is 0 Å². The maximum absolute atomic E-state index is 12.2. The highest BCUT2D eigenvalue weighted by Crippen LogP contribution is 2.30. The quantitative estimate of drug-likeness (QED) is 0.873. The van der Waals surface area contributed by atoms with E-state index in [0.29, 0.717) is 19.0 Å². The van der Waals surface area contributed by atoms with Gasteiger partial charge in [0.1, 0.15) is 0 Å². The van der Waals surface area contributed by atoms with Crippen LogP contribution in [-0.4, -0.2) is 36.9 Å². The summed E-state index contributed by atoms with van der Waals surface area (Å²) in [6.07, 6.45) is 1.53. The Labute approximate surface area is 112 Å². The Morgan fingerprint density at radius 3 is 2.74 bits per heavy atom. The summed E-state index contributed by atoms with van der Waals surface area (Å²) < 4.78 is 10.3. The van der Waals surface area contributed by atoms with Gasteiger partial charge in [0, 0.05) is 18.8 Å². The SMILES string of the molecule is COc1cccc(C(=O)NC2(C)CCOCC2)c1O. The Morgan fingerprint density at radius 1 is 1.42 bits per heavy atom.